The molecule has 0 fully saturated rings. The molecule has 5 heteroatoms. The van der Waals surface area contributed by atoms with E-state index < -0.39 is 8.32 Å². The number of benzene rings is 1. The molecule has 0 saturated heterocycles. The van der Waals surface area contributed by atoms with Gasteiger partial charge in [0.15, 0.2) is 8.32 Å². The molecular weight excluding hydrogens is 338 g/mol. The molecule has 0 aliphatic carbocycles. The summed E-state index contributed by atoms with van der Waals surface area (Å²) in [5.74, 6) is 0. The van der Waals surface area contributed by atoms with Crippen LogP contribution in [0.15, 0.2) is 21.5 Å². The first kappa shape index (κ1) is 15.6. The molecule has 0 aromatic heterocycles. The largest absolute Gasteiger partial charge is 0.413 e. The van der Waals surface area contributed by atoms with Gasteiger partial charge in [-0.15, -0.1) is 0 Å². The molecule has 106 valence electrons. The van der Waals surface area contributed by atoms with Gasteiger partial charge in [0.1, 0.15) is 0 Å². The Hall–Kier alpha value is 0.187. The summed E-state index contributed by atoms with van der Waals surface area (Å²) in [5, 5.41) is 0.254. The van der Waals surface area contributed by atoms with E-state index in [1.807, 2.05) is 0 Å². The molecule has 1 aliphatic rings. The Morgan fingerprint density at radius 2 is 2.05 bits per heavy atom. The average molecular weight is 360 g/mol. The van der Waals surface area contributed by atoms with Crippen LogP contribution in [-0.2, 0) is 17.6 Å². The summed E-state index contributed by atoms with van der Waals surface area (Å²) >= 11 is 5.38. The van der Waals surface area contributed by atoms with Crippen molar-refractivity contribution >= 4 is 36.2 Å². The van der Waals surface area contributed by atoms with Crippen molar-refractivity contribution in [1.82, 2.24) is 4.72 Å². The van der Waals surface area contributed by atoms with Gasteiger partial charge in [-0.05, 0) is 53.3 Å². The molecule has 0 saturated carbocycles. The van der Waals surface area contributed by atoms with Crippen LogP contribution in [0.25, 0.3) is 0 Å². The molecule has 19 heavy (non-hydrogen) atoms. The Kier molecular flexibility index (Phi) is 4.53. The van der Waals surface area contributed by atoms with Crippen LogP contribution in [0.5, 0.6) is 0 Å². The highest BCUT2D eigenvalue weighted by molar-refractivity contribution is 9.10. The molecule has 0 radical (unpaired) electrons. The van der Waals surface area contributed by atoms with Gasteiger partial charge in [-0.2, -0.15) is 0 Å². The zero-order valence-corrected chi connectivity index (χ0v) is 15.7. The molecule has 0 spiro atoms. The predicted octanol–water partition coefficient (Wildman–Crippen LogP) is 5.08. The lowest BCUT2D eigenvalue weighted by Gasteiger charge is -2.36. The van der Waals surface area contributed by atoms with Gasteiger partial charge >= 0.3 is 0 Å². The molecule has 2 nitrogen and oxygen atoms in total. The zero-order chi connectivity index (χ0) is 14.3. The lowest BCUT2D eigenvalue weighted by Crippen LogP contribution is -2.40. The van der Waals surface area contributed by atoms with Crippen LogP contribution in [-0.4, -0.2) is 8.32 Å². The van der Waals surface area contributed by atoms with Crippen LogP contribution in [0.3, 0.4) is 0 Å². The molecule has 1 heterocycles. The second-order valence-corrected chi connectivity index (χ2v) is 13.1. The second kappa shape index (κ2) is 5.52. The topological polar surface area (TPSA) is 21.3 Å². The van der Waals surface area contributed by atoms with Crippen molar-refractivity contribution < 1.29 is 4.43 Å². The summed E-state index contributed by atoms with van der Waals surface area (Å²) in [4.78, 5) is 1.33. The first-order chi connectivity index (χ1) is 8.72. The quantitative estimate of drug-likeness (QED) is 0.600. The van der Waals surface area contributed by atoms with Crippen molar-refractivity contribution in [3.05, 3.63) is 27.7 Å². The lowest BCUT2D eigenvalue weighted by molar-refractivity contribution is 0.274. The van der Waals surface area contributed by atoms with E-state index in [-0.39, 0.29) is 5.04 Å². The van der Waals surface area contributed by atoms with E-state index in [2.05, 4.69) is 66.7 Å². The van der Waals surface area contributed by atoms with E-state index in [0.29, 0.717) is 6.61 Å². The SMILES string of the molecule is CC(C)(C)[Si](C)(C)OCc1c(Br)ccc2c1CNS2. The van der Waals surface area contributed by atoms with Crippen molar-refractivity contribution in [2.24, 2.45) is 0 Å². The zero-order valence-electron chi connectivity index (χ0n) is 12.3. The van der Waals surface area contributed by atoms with Crippen LogP contribution >= 0.6 is 27.9 Å². The fourth-order valence-electron chi connectivity index (χ4n) is 1.74. The third kappa shape index (κ3) is 3.27. The van der Waals surface area contributed by atoms with Gasteiger partial charge in [0.05, 0.1) is 6.61 Å². The number of hydrogen-bond donors (Lipinski definition) is 1. The molecule has 1 aromatic carbocycles. The highest BCUT2D eigenvalue weighted by Gasteiger charge is 2.37. The maximum atomic E-state index is 6.36. The lowest BCUT2D eigenvalue weighted by atomic mass is 10.1. The summed E-state index contributed by atoms with van der Waals surface area (Å²) in [7, 11) is -1.69. The van der Waals surface area contributed by atoms with Crippen molar-refractivity contribution in [2.45, 2.75) is 57.0 Å². The van der Waals surface area contributed by atoms with Crippen LogP contribution in [0.2, 0.25) is 18.1 Å². The van der Waals surface area contributed by atoms with Gasteiger partial charge in [0, 0.05) is 15.9 Å². The van der Waals surface area contributed by atoms with E-state index in [1.54, 1.807) is 11.9 Å². The average Bonchev–Trinajstić information content (AvgIpc) is 2.74. The maximum absolute atomic E-state index is 6.36. The van der Waals surface area contributed by atoms with E-state index >= 15 is 0 Å². The Bertz CT molecular complexity index is 485. The Balaban J connectivity index is 2.19. The van der Waals surface area contributed by atoms with Crippen LogP contribution in [0.4, 0.5) is 0 Å². The molecule has 0 unspecified atom stereocenters. The molecule has 1 N–H and O–H groups in total. The van der Waals surface area contributed by atoms with Crippen LogP contribution in [0.1, 0.15) is 31.9 Å². The number of fused-ring (bicyclic) bond motifs is 1. The predicted molar refractivity (Wildman–Crippen MR) is 88.8 cm³/mol. The van der Waals surface area contributed by atoms with Gasteiger partial charge in [0.2, 0.25) is 0 Å². The summed E-state index contributed by atoms with van der Waals surface area (Å²) in [6, 6.07) is 4.29. The summed E-state index contributed by atoms with van der Waals surface area (Å²) in [6.45, 7) is 13.1. The van der Waals surface area contributed by atoms with Crippen molar-refractivity contribution in [2.75, 3.05) is 0 Å². The Labute approximate surface area is 130 Å². The summed E-state index contributed by atoms with van der Waals surface area (Å²) in [5.41, 5.74) is 2.69. The maximum Gasteiger partial charge on any atom is 0.192 e. The fraction of sp³-hybridized carbons (Fsp3) is 0.571. The van der Waals surface area contributed by atoms with Crippen LogP contribution < -0.4 is 4.72 Å². The molecular formula is C14H22BrNOSSi. The number of halogens is 1. The Morgan fingerprint density at radius 3 is 2.68 bits per heavy atom. The Morgan fingerprint density at radius 1 is 1.37 bits per heavy atom. The van der Waals surface area contributed by atoms with Gasteiger partial charge < -0.3 is 4.43 Å². The van der Waals surface area contributed by atoms with Crippen molar-refractivity contribution in [1.29, 1.82) is 0 Å². The monoisotopic (exact) mass is 359 g/mol. The summed E-state index contributed by atoms with van der Waals surface area (Å²) in [6.07, 6.45) is 0. The van der Waals surface area contributed by atoms with Crippen molar-refractivity contribution in [3.8, 4) is 0 Å². The minimum Gasteiger partial charge on any atom is -0.413 e. The van der Waals surface area contributed by atoms with E-state index in [0.717, 1.165) is 11.0 Å². The molecule has 0 bridgehead atoms. The highest BCUT2D eigenvalue weighted by atomic mass is 79.9. The first-order valence-corrected chi connectivity index (χ1v) is 11.1. The molecule has 1 aliphatic heterocycles. The van der Waals surface area contributed by atoms with Gasteiger partial charge in [-0.25, -0.2) is 0 Å². The normalized spacial score (nSPS) is 15.7. The third-order valence-corrected chi connectivity index (χ3v) is 10.3. The summed E-state index contributed by atoms with van der Waals surface area (Å²) < 4.78 is 10.9. The molecule has 1 aromatic rings. The van der Waals surface area contributed by atoms with E-state index in [1.165, 1.54) is 16.0 Å². The highest BCUT2D eigenvalue weighted by Crippen LogP contribution is 2.39. The number of rotatable bonds is 3. The fourth-order valence-corrected chi connectivity index (χ4v) is 3.99. The van der Waals surface area contributed by atoms with Crippen LogP contribution in [0, 0.1) is 0 Å². The minimum absolute atomic E-state index is 0.254. The standard InChI is InChI=1S/C14H22BrNOSSi/c1-14(2,3)19(4,5)17-9-11-10-8-16-18-13(10)7-6-12(11)15/h6-7,16H,8-9H2,1-5H3. The van der Waals surface area contributed by atoms with Gasteiger partial charge in [0.25, 0.3) is 0 Å². The second-order valence-electron chi connectivity index (χ2n) is 6.47. The van der Waals surface area contributed by atoms with Gasteiger partial charge in [-0.3, -0.25) is 4.72 Å². The smallest absolute Gasteiger partial charge is 0.192 e. The number of hydrogen-bond acceptors (Lipinski definition) is 3. The minimum atomic E-state index is -1.69. The first-order valence-electron chi connectivity index (χ1n) is 6.56. The van der Waals surface area contributed by atoms with Crippen molar-refractivity contribution in [3.63, 3.8) is 0 Å². The molecule has 2 rings (SSSR count). The molecule has 0 atom stereocenters. The number of nitrogens with one attached hydrogen (secondary N) is 1. The molecule has 0 amide bonds. The van der Waals surface area contributed by atoms with E-state index in [9.17, 15) is 0 Å². The third-order valence-electron chi connectivity index (χ3n) is 4.15. The van der Waals surface area contributed by atoms with Gasteiger partial charge in [-0.1, -0.05) is 36.7 Å². The van der Waals surface area contributed by atoms with E-state index in [4.69, 9.17) is 4.43 Å².